The van der Waals surface area contributed by atoms with Gasteiger partial charge in [-0.25, -0.2) is 13.2 Å². The van der Waals surface area contributed by atoms with Crippen LogP contribution in [0.4, 0.5) is 0 Å². The monoisotopic (exact) mass is 308 g/mol. The van der Waals surface area contributed by atoms with Gasteiger partial charge >= 0.3 is 5.97 Å². The van der Waals surface area contributed by atoms with Gasteiger partial charge in [-0.15, -0.1) is 0 Å². The van der Waals surface area contributed by atoms with Crippen molar-refractivity contribution in [3.8, 4) is 0 Å². The van der Waals surface area contributed by atoms with Crippen LogP contribution in [0.1, 0.15) is 49.8 Å². The number of ether oxygens (including phenoxy) is 1. The Morgan fingerprint density at radius 2 is 2.11 bits per heavy atom. The Kier molecular flexibility index (Phi) is 5.37. The average molecular weight is 309 g/mol. The summed E-state index contributed by atoms with van der Waals surface area (Å²) in [6.45, 7) is 5.44. The van der Waals surface area contributed by atoms with Gasteiger partial charge in [-0.3, -0.25) is 5.10 Å². The van der Waals surface area contributed by atoms with Gasteiger partial charge < -0.3 is 4.74 Å². The SMILES string of the molecule is CCCc1[nH]nc(C(=O)OC(C)CC)c1S(=O)(=O)Cl. The zero-order valence-electron chi connectivity index (χ0n) is 11.1. The molecule has 108 valence electrons. The first-order valence-electron chi connectivity index (χ1n) is 6.04. The number of aromatic amines is 1. The minimum atomic E-state index is -4.05. The zero-order chi connectivity index (χ0) is 14.6. The number of carbonyl (C=O) groups is 1. The second kappa shape index (κ2) is 6.38. The van der Waals surface area contributed by atoms with Gasteiger partial charge in [-0.05, 0) is 19.8 Å². The third-order valence-corrected chi connectivity index (χ3v) is 4.00. The van der Waals surface area contributed by atoms with Crippen LogP contribution in [0.3, 0.4) is 0 Å². The standard InChI is InChI=1S/C11H17ClN2O4S/c1-4-6-8-10(19(12,16)17)9(14-13-8)11(15)18-7(3)5-2/h7H,4-6H2,1-3H3,(H,13,14). The molecule has 0 radical (unpaired) electrons. The third-order valence-electron chi connectivity index (χ3n) is 2.61. The maximum atomic E-state index is 11.9. The summed E-state index contributed by atoms with van der Waals surface area (Å²) in [4.78, 5) is 11.6. The first kappa shape index (κ1) is 16.0. The molecule has 0 amide bonds. The van der Waals surface area contributed by atoms with Gasteiger partial charge in [0.1, 0.15) is 4.90 Å². The topological polar surface area (TPSA) is 89.1 Å². The molecule has 0 bridgehead atoms. The molecule has 1 aromatic rings. The van der Waals surface area contributed by atoms with E-state index in [1.807, 2.05) is 13.8 Å². The summed E-state index contributed by atoms with van der Waals surface area (Å²) in [5, 5.41) is 6.26. The Morgan fingerprint density at radius 3 is 2.58 bits per heavy atom. The highest BCUT2D eigenvalue weighted by Crippen LogP contribution is 2.24. The number of hydrogen-bond donors (Lipinski definition) is 1. The lowest BCUT2D eigenvalue weighted by Gasteiger charge is -2.09. The van der Waals surface area contributed by atoms with Crippen LogP contribution in [0.5, 0.6) is 0 Å². The van der Waals surface area contributed by atoms with E-state index in [0.29, 0.717) is 25.0 Å². The molecule has 19 heavy (non-hydrogen) atoms. The second-order valence-corrected chi connectivity index (χ2v) is 6.69. The Labute approximate surface area is 116 Å². The Balaban J connectivity index is 3.18. The zero-order valence-corrected chi connectivity index (χ0v) is 12.6. The molecule has 8 heteroatoms. The van der Waals surface area contributed by atoms with E-state index in [2.05, 4.69) is 10.2 Å². The Morgan fingerprint density at radius 1 is 1.47 bits per heavy atom. The maximum absolute atomic E-state index is 11.9. The van der Waals surface area contributed by atoms with Crippen molar-refractivity contribution >= 4 is 25.7 Å². The van der Waals surface area contributed by atoms with Crippen LogP contribution < -0.4 is 0 Å². The lowest BCUT2D eigenvalue weighted by Crippen LogP contribution is -2.16. The molecule has 0 spiro atoms. The molecule has 0 saturated carbocycles. The highest BCUT2D eigenvalue weighted by atomic mass is 35.7. The Bertz CT molecular complexity index is 553. The first-order valence-corrected chi connectivity index (χ1v) is 8.35. The number of carbonyl (C=O) groups excluding carboxylic acids is 1. The summed E-state index contributed by atoms with van der Waals surface area (Å²) in [5.41, 5.74) is 0.0485. The van der Waals surface area contributed by atoms with Crippen molar-refractivity contribution < 1.29 is 17.9 Å². The van der Waals surface area contributed by atoms with Crippen LogP contribution in [-0.2, 0) is 20.2 Å². The molecule has 1 N–H and O–H groups in total. The summed E-state index contributed by atoms with van der Waals surface area (Å²) in [6.07, 6.45) is 1.44. The van der Waals surface area contributed by atoms with E-state index < -0.39 is 15.0 Å². The lowest BCUT2D eigenvalue weighted by molar-refractivity contribution is 0.0323. The van der Waals surface area contributed by atoms with E-state index in [9.17, 15) is 13.2 Å². The van der Waals surface area contributed by atoms with Crippen LogP contribution in [0.15, 0.2) is 4.90 Å². The largest absolute Gasteiger partial charge is 0.458 e. The number of H-pyrrole nitrogens is 1. The smallest absolute Gasteiger partial charge is 0.360 e. The van der Waals surface area contributed by atoms with Crippen molar-refractivity contribution in [2.75, 3.05) is 0 Å². The van der Waals surface area contributed by atoms with Crippen molar-refractivity contribution in [2.45, 2.75) is 51.0 Å². The van der Waals surface area contributed by atoms with Crippen molar-refractivity contribution in [3.05, 3.63) is 11.4 Å². The van der Waals surface area contributed by atoms with E-state index in [0.717, 1.165) is 0 Å². The number of halogens is 1. The van der Waals surface area contributed by atoms with E-state index in [1.165, 1.54) is 0 Å². The molecule has 0 aromatic carbocycles. The minimum absolute atomic E-state index is 0.274. The summed E-state index contributed by atoms with van der Waals surface area (Å²) in [5.74, 6) is -0.785. The van der Waals surface area contributed by atoms with Gasteiger partial charge in [-0.2, -0.15) is 5.10 Å². The van der Waals surface area contributed by atoms with Crippen molar-refractivity contribution in [1.29, 1.82) is 0 Å². The van der Waals surface area contributed by atoms with Crippen LogP contribution >= 0.6 is 10.7 Å². The lowest BCUT2D eigenvalue weighted by atomic mass is 10.2. The van der Waals surface area contributed by atoms with Gasteiger partial charge in [0.05, 0.1) is 11.8 Å². The van der Waals surface area contributed by atoms with Crippen molar-refractivity contribution in [2.24, 2.45) is 0 Å². The molecular formula is C11H17ClN2O4S. The average Bonchev–Trinajstić information content (AvgIpc) is 2.73. The molecule has 1 atom stereocenters. The molecule has 1 rings (SSSR count). The number of aromatic nitrogens is 2. The van der Waals surface area contributed by atoms with Crippen LogP contribution in [0.25, 0.3) is 0 Å². The predicted octanol–water partition coefficient (Wildman–Crippen LogP) is 2.25. The molecule has 0 aliphatic carbocycles. The number of aryl methyl sites for hydroxylation is 1. The number of esters is 1. The van der Waals surface area contributed by atoms with E-state index in [-0.39, 0.29) is 16.7 Å². The van der Waals surface area contributed by atoms with E-state index in [1.54, 1.807) is 6.92 Å². The molecule has 0 saturated heterocycles. The quantitative estimate of drug-likeness (QED) is 0.643. The van der Waals surface area contributed by atoms with Gasteiger partial charge in [-0.1, -0.05) is 20.3 Å². The number of rotatable bonds is 6. The number of nitrogens with one attached hydrogen (secondary N) is 1. The first-order chi connectivity index (χ1) is 8.81. The van der Waals surface area contributed by atoms with Gasteiger partial charge in [0, 0.05) is 10.7 Å². The van der Waals surface area contributed by atoms with Crippen LogP contribution in [-0.4, -0.2) is 30.7 Å². The van der Waals surface area contributed by atoms with Gasteiger partial charge in [0.2, 0.25) is 0 Å². The van der Waals surface area contributed by atoms with Gasteiger partial charge in [0.25, 0.3) is 9.05 Å². The van der Waals surface area contributed by atoms with Crippen LogP contribution in [0, 0.1) is 0 Å². The van der Waals surface area contributed by atoms with Crippen molar-refractivity contribution in [3.63, 3.8) is 0 Å². The number of nitrogens with zero attached hydrogens (tertiary/aromatic N) is 1. The third kappa shape index (κ3) is 3.94. The maximum Gasteiger partial charge on any atom is 0.360 e. The summed E-state index contributed by atoms with van der Waals surface area (Å²) in [6, 6.07) is 0. The summed E-state index contributed by atoms with van der Waals surface area (Å²) < 4.78 is 28.2. The minimum Gasteiger partial charge on any atom is -0.458 e. The highest BCUT2D eigenvalue weighted by Gasteiger charge is 2.29. The van der Waals surface area contributed by atoms with E-state index >= 15 is 0 Å². The van der Waals surface area contributed by atoms with Crippen LogP contribution in [0.2, 0.25) is 0 Å². The molecule has 6 nitrogen and oxygen atoms in total. The molecule has 0 fully saturated rings. The fraction of sp³-hybridized carbons (Fsp3) is 0.636. The van der Waals surface area contributed by atoms with Gasteiger partial charge in [0.15, 0.2) is 5.69 Å². The highest BCUT2D eigenvalue weighted by molar-refractivity contribution is 8.13. The van der Waals surface area contributed by atoms with Crippen molar-refractivity contribution in [1.82, 2.24) is 10.2 Å². The molecule has 0 aliphatic heterocycles. The van der Waals surface area contributed by atoms with E-state index in [4.69, 9.17) is 15.4 Å². The number of hydrogen-bond acceptors (Lipinski definition) is 5. The molecule has 1 aromatic heterocycles. The second-order valence-electron chi connectivity index (χ2n) is 4.19. The Hall–Kier alpha value is -1.08. The fourth-order valence-corrected chi connectivity index (χ4v) is 2.81. The fourth-order valence-electron chi connectivity index (χ4n) is 1.51. The molecular weight excluding hydrogens is 292 g/mol. The molecule has 1 unspecified atom stereocenters. The molecule has 1 heterocycles. The predicted molar refractivity (Wildman–Crippen MR) is 70.8 cm³/mol. The normalized spacial score (nSPS) is 13.3. The summed E-state index contributed by atoms with van der Waals surface area (Å²) >= 11 is 0. The molecule has 0 aliphatic rings. The summed E-state index contributed by atoms with van der Waals surface area (Å²) in [7, 11) is 1.31.